The second-order valence-electron chi connectivity index (χ2n) is 6.68. The summed E-state index contributed by atoms with van der Waals surface area (Å²) in [6.07, 6.45) is 0. The highest BCUT2D eigenvalue weighted by molar-refractivity contribution is 8.01. The average molecular weight is 443 g/mol. The SMILES string of the molecule is COC(=O)c1ccc(NC(=O)CSc2nnc(Nc3ccc(C(C)C)cc3)s2)cc1. The number of rotatable bonds is 8. The van der Waals surface area contributed by atoms with Gasteiger partial charge in [-0.2, -0.15) is 0 Å². The number of nitrogens with one attached hydrogen (secondary N) is 2. The summed E-state index contributed by atoms with van der Waals surface area (Å²) in [4.78, 5) is 23.6. The smallest absolute Gasteiger partial charge is 0.337 e. The van der Waals surface area contributed by atoms with E-state index in [1.165, 1.54) is 35.8 Å². The van der Waals surface area contributed by atoms with Crippen LogP contribution < -0.4 is 10.6 Å². The molecule has 0 saturated heterocycles. The summed E-state index contributed by atoms with van der Waals surface area (Å²) in [6, 6.07) is 14.7. The zero-order valence-corrected chi connectivity index (χ0v) is 18.5. The first-order valence-electron chi connectivity index (χ1n) is 9.26. The van der Waals surface area contributed by atoms with Crippen molar-refractivity contribution in [1.82, 2.24) is 10.2 Å². The van der Waals surface area contributed by atoms with E-state index in [2.05, 4.69) is 51.5 Å². The molecule has 0 bridgehead atoms. The third-order valence-electron chi connectivity index (χ3n) is 4.15. The number of nitrogens with zero attached hydrogens (tertiary/aromatic N) is 2. The third-order valence-corrected chi connectivity index (χ3v) is 6.12. The highest BCUT2D eigenvalue weighted by atomic mass is 32.2. The predicted octanol–water partition coefficient (Wildman–Crippen LogP) is 4.92. The van der Waals surface area contributed by atoms with Crippen LogP contribution in [0.15, 0.2) is 52.9 Å². The molecule has 0 fully saturated rings. The van der Waals surface area contributed by atoms with Crippen molar-refractivity contribution in [3.63, 3.8) is 0 Å². The van der Waals surface area contributed by atoms with E-state index in [4.69, 9.17) is 0 Å². The molecular weight excluding hydrogens is 420 g/mol. The molecule has 156 valence electrons. The predicted molar refractivity (Wildman–Crippen MR) is 121 cm³/mol. The van der Waals surface area contributed by atoms with Crippen molar-refractivity contribution in [2.24, 2.45) is 0 Å². The first-order chi connectivity index (χ1) is 14.4. The molecular formula is C21H22N4O3S2. The lowest BCUT2D eigenvalue weighted by Gasteiger charge is -2.06. The molecule has 0 spiro atoms. The normalized spacial score (nSPS) is 10.7. The van der Waals surface area contributed by atoms with E-state index >= 15 is 0 Å². The van der Waals surface area contributed by atoms with Gasteiger partial charge in [0.25, 0.3) is 0 Å². The minimum absolute atomic E-state index is 0.167. The zero-order chi connectivity index (χ0) is 21.5. The lowest BCUT2D eigenvalue weighted by Crippen LogP contribution is -2.14. The fourth-order valence-corrected chi connectivity index (χ4v) is 4.10. The van der Waals surface area contributed by atoms with Gasteiger partial charge >= 0.3 is 5.97 Å². The Hall–Kier alpha value is -2.91. The average Bonchev–Trinajstić information content (AvgIpc) is 3.20. The Kier molecular flexibility index (Phi) is 7.42. The molecule has 0 atom stereocenters. The highest BCUT2D eigenvalue weighted by Crippen LogP contribution is 2.28. The molecule has 0 aliphatic rings. The first kappa shape index (κ1) is 21.8. The number of carbonyl (C=O) groups is 2. The van der Waals surface area contributed by atoms with Crippen molar-refractivity contribution >= 4 is 51.5 Å². The standard InChI is InChI=1S/C21H22N4O3S2/c1-13(2)14-4-8-17(9-5-14)23-20-24-25-21(30-20)29-12-18(26)22-16-10-6-15(7-11-16)19(27)28-3/h4-11,13H,12H2,1-3H3,(H,22,26)(H,23,24). The molecule has 0 aliphatic heterocycles. The number of hydrogen-bond acceptors (Lipinski definition) is 8. The first-order valence-corrected chi connectivity index (χ1v) is 11.1. The number of benzene rings is 2. The second-order valence-corrected chi connectivity index (χ2v) is 8.88. The van der Waals surface area contributed by atoms with Crippen LogP contribution in [-0.4, -0.2) is 34.9 Å². The Morgan fingerprint density at radius 2 is 1.70 bits per heavy atom. The molecule has 7 nitrogen and oxygen atoms in total. The molecule has 0 unspecified atom stereocenters. The summed E-state index contributed by atoms with van der Waals surface area (Å²) in [5.41, 5.74) is 3.26. The van der Waals surface area contributed by atoms with Crippen LogP contribution in [0.5, 0.6) is 0 Å². The van der Waals surface area contributed by atoms with Crippen LogP contribution in [0.25, 0.3) is 0 Å². The number of carbonyl (C=O) groups excluding carboxylic acids is 2. The van der Waals surface area contributed by atoms with Gasteiger partial charge in [0.1, 0.15) is 0 Å². The Balaban J connectivity index is 1.48. The largest absolute Gasteiger partial charge is 0.465 e. The number of hydrogen-bond donors (Lipinski definition) is 2. The Bertz CT molecular complexity index is 1000. The van der Waals surface area contributed by atoms with E-state index in [0.29, 0.717) is 26.6 Å². The van der Waals surface area contributed by atoms with E-state index in [-0.39, 0.29) is 11.7 Å². The topological polar surface area (TPSA) is 93.2 Å². The number of ether oxygens (including phenoxy) is 1. The molecule has 30 heavy (non-hydrogen) atoms. The minimum Gasteiger partial charge on any atom is -0.465 e. The maximum Gasteiger partial charge on any atom is 0.337 e. The monoisotopic (exact) mass is 442 g/mol. The van der Waals surface area contributed by atoms with Crippen molar-refractivity contribution in [3.05, 3.63) is 59.7 Å². The van der Waals surface area contributed by atoms with Crippen LogP contribution in [0.1, 0.15) is 35.7 Å². The lowest BCUT2D eigenvalue weighted by atomic mass is 10.0. The van der Waals surface area contributed by atoms with Gasteiger partial charge < -0.3 is 15.4 Å². The molecule has 0 radical (unpaired) electrons. The summed E-state index contributed by atoms with van der Waals surface area (Å²) in [5.74, 6) is 0.108. The minimum atomic E-state index is -0.417. The molecule has 2 aromatic carbocycles. The van der Waals surface area contributed by atoms with Gasteiger partial charge in [0.05, 0.1) is 18.4 Å². The summed E-state index contributed by atoms with van der Waals surface area (Å²) in [7, 11) is 1.33. The molecule has 0 saturated carbocycles. The van der Waals surface area contributed by atoms with E-state index in [9.17, 15) is 9.59 Å². The molecule has 3 rings (SSSR count). The number of thioether (sulfide) groups is 1. The van der Waals surface area contributed by atoms with Crippen molar-refractivity contribution < 1.29 is 14.3 Å². The summed E-state index contributed by atoms with van der Waals surface area (Å²) in [6.45, 7) is 4.31. The number of aromatic nitrogens is 2. The number of esters is 1. The second kappa shape index (κ2) is 10.2. The van der Waals surface area contributed by atoms with Gasteiger partial charge in [-0.15, -0.1) is 10.2 Å². The van der Waals surface area contributed by atoms with Crippen molar-refractivity contribution in [2.45, 2.75) is 24.1 Å². The van der Waals surface area contributed by atoms with Gasteiger partial charge in [0, 0.05) is 11.4 Å². The molecule has 9 heteroatoms. The Morgan fingerprint density at radius 1 is 1.03 bits per heavy atom. The van der Waals surface area contributed by atoms with Crippen LogP contribution in [0.2, 0.25) is 0 Å². The zero-order valence-electron chi connectivity index (χ0n) is 16.8. The van der Waals surface area contributed by atoms with E-state index < -0.39 is 5.97 Å². The van der Waals surface area contributed by atoms with Crippen LogP contribution >= 0.6 is 23.1 Å². The number of amides is 1. The van der Waals surface area contributed by atoms with Crippen molar-refractivity contribution in [3.8, 4) is 0 Å². The summed E-state index contributed by atoms with van der Waals surface area (Å²) in [5, 5.41) is 14.9. The summed E-state index contributed by atoms with van der Waals surface area (Å²) < 4.78 is 5.35. The van der Waals surface area contributed by atoms with Gasteiger partial charge in [-0.05, 0) is 47.9 Å². The van der Waals surface area contributed by atoms with Crippen LogP contribution in [-0.2, 0) is 9.53 Å². The van der Waals surface area contributed by atoms with Crippen molar-refractivity contribution in [1.29, 1.82) is 0 Å². The molecule has 3 aromatic rings. The van der Waals surface area contributed by atoms with E-state index in [0.717, 1.165) is 5.69 Å². The fourth-order valence-electron chi connectivity index (χ4n) is 2.53. The Morgan fingerprint density at radius 3 is 2.33 bits per heavy atom. The Labute approximate surface area is 183 Å². The van der Waals surface area contributed by atoms with E-state index in [1.54, 1.807) is 24.3 Å². The van der Waals surface area contributed by atoms with Gasteiger partial charge in [-0.3, -0.25) is 4.79 Å². The molecule has 1 heterocycles. The highest BCUT2D eigenvalue weighted by Gasteiger charge is 2.10. The van der Waals surface area contributed by atoms with Gasteiger partial charge in [-0.1, -0.05) is 49.1 Å². The molecule has 2 N–H and O–H groups in total. The molecule has 0 aliphatic carbocycles. The van der Waals surface area contributed by atoms with Crippen LogP contribution in [0.3, 0.4) is 0 Å². The lowest BCUT2D eigenvalue weighted by molar-refractivity contribution is -0.113. The van der Waals surface area contributed by atoms with Crippen LogP contribution in [0.4, 0.5) is 16.5 Å². The maximum atomic E-state index is 12.2. The summed E-state index contributed by atoms with van der Waals surface area (Å²) >= 11 is 2.71. The number of methoxy groups -OCH3 is 1. The molecule has 1 amide bonds. The van der Waals surface area contributed by atoms with Crippen LogP contribution in [0, 0.1) is 0 Å². The van der Waals surface area contributed by atoms with Gasteiger partial charge in [-0.25, -0.2) is 4.79 Å². The number of anilines is 3. The quantitative estimate of drug-likeness (QED) is 0.378. The maximum absolute atomic E-state index is 12.2. The van der Waals surface area contributed by atoms with Crippen molar-refractivity contribution in [2.75, 3.05) is 23.5 Å². The fraction of sp³-hybridized carbons (Fsp3) is 0.238. The van der Waals surface area contributed by atoms with Gasteiger partial charge in [0.2, 0.25) is 11.0 Å². The van der Waals surface area contributed by atoms with E-state index in [1.807, 2.05) is 12.1 Å². The molecule has 1 aromatic heterocycles. The van der Waals surface area contributed by atoms with Gasteiger partial charge in [0.15, 0.2) is 4.34 Å². The third kappa shape index (κ3) is 6.04.